The van der Waals surface area contributed by atoms with Gasteiger partial charge in [-0.1, -0.05) is 0 Å². The molecule has 0 aromatic carbocycles. The zero-order valence-electron chi connectivity index (χ0n) is 8.49. The van der Waals surface area contributed by atoms with Crippen molar-refractivity contribution in [3.05, 3.63) is 16.1 Å². The van der Waals surface area contributed by atoms with Crippen LogP contribution < -0.4 is 0 Å². The topological polar surface area (TPSA) is 45.9 Å². The maximum absolute atomic E-state index is 8.52. The number of hydrogen-bond donors (Lipinski definition) is 0. The van der Waals surface area contributed by atoms with Crippen molar-refractivity contribution in [2.45, 2.75) is 20.3 Å². The van der Waals surface area contributed by atoms with E-state index in [1.807, 2.05) is 19.4 Å². The van der Waals surface area contributed by atoms with E-state index in [2.05, 4.69) is 11.1 Å². The first-order chi connectivity index (χ1) is 6.74. The summed E-state index contributed by atoms with van der Waals surface area (Å²) in [5.74, 6) is -0.0162. The zero-order chi connectivity index (χ0) is 10.4. The Kier molecular flexibility index (Phi) is 4.57. The lowest BCUT2D eigenvalue weighted by molar-refractivity contribution is 0.122. The number of nitriles is 1. The van der Waals surface area contributed by atoms with Crippen LogP contribution in [-0.2, 0) is 11.2 Å². The number of thiazole rings is 1. The molecule has 0 N–H and O–H groups in total. The van der Waals surface area contributed by atoms with Gasteiger partial charge in [-0.2, -0.15) is 5.26 Å². The van der Waals surface area contributed by atoms with Gasteiger partial charge in [-0.15, -0.1) is 11.3 Å². The van der Waals surface area contributed by atoms with Crippen LogP contribution in [-0.4, -0.2) is 18.2 Å². The third kappa shape index (κ3) is 3.44. The molecule has 0 bridgehead atoms. The minimum Gasteiger partial charge on any atom is -0.380 e. The van der Waals surface area contributed by atoms with E-state index in [1.165, 1.54) is 4.88 Å². The first-order valence-corrected chi connectivity index (χ1v) is 5.48. The fraction of sp³-hybridized carbons (Fsp3) is 0.600. The molecule has 0 aliphatic carbocycles. The largest absolute Gasteiger partial charge is 0.380 e. The Morgan fingerprint density at radius 3 is 3.07 bits per heavy atom. The molecule has 1 aromatic rings. The summed E-state index contributed by atoms with van der Waals surface area (Å²) < 4.78 is 5.37. The van der Waals surface area contributed by atoms with Crippen LogP contribution in [0.3, 0.4) is 0 Å². The highest BCUT2D eigenvalue weighted by Gasteiger charge is 2.02. The molecule has 0 saturated carbocycles. The van der Waals surface area contributed by atoms with Crippen LogP contribution in [0.4, 0.5) is 0 Å². The second-order valence-electron chi connectivity index (χ2n) is 3.22. The summed E-state index contributed by atoms with van der Waals surface area (Å²) in [6.07, 6.45) is 0.897. The van der Waals surface area contributed by atoms with Crippen LogP contribution in [0.15, 0.2) is 5.51 Å². The molecule has 76 valence electrons. The van der Waals surface area contributed by atoms with E-state index in [9.17, 15) is 0 Å². The smallest absolute Gasteiger partial charge is 0.0797 e. The third-order valence-electron chi connectivity index (χ3n) is 1.91. The molecule has 0 spiro atoms. The zero-order valence-corrected chi connectivity index (χ0v) is 9.30. The Morgan fingerprint density at radius 2 is 2.50 bits per heavy atom. The molecule has 14 heavy (non-hydrogen) atoms. The van der Waals surface area contributed by atoms with Gasteiger partial charge in [0.2, 0.25) is 0 Å². The second-order valence-corrected chi connectivity index (χ2v) is 4.16. The molecule has 3 nitrogen and oxygen atoms in total. The molecule has 1 unspecified atom stereocenters. The predicted molar refractivity (Wildman–Crippen MR) is 56.2 cm³/mol. The van der Waals surface area contributed by atoms with Gasteiger partial charge in [0.05, 0.1) is 36.4 Å². The third-order valence-corrected chi connectivity index (χ3v) is 2.90. The minimum atomic E-state index is -0.0162. The van der Waals surface area contributed by atoms with Gasteiger partial charge in [-0.05, 0) is 13.8 Å². The van der Waals surface area contributed by atoms with E-state index in [0.29, 0.717) is 13.2 Å². The number of ether oxygens (including phenoxy) is 1. The van der Waals surface area contributed by atoms with Crippen molar-refractivity contribution >= 4 is 11.3 Å². The molecule has 0 radical (unpaired) electrons. The van der Waals surface area contributed by atoms with Crippen LogP contribution >= 0.6 is 11.3 Å². The number of hydrogen-bond acceptors (Lipinski definition) is 4. The lowest BCUT2D eigenvalue weighted by atomic mass is 10.2. The van der Waals surface area contributed by atoms with Crippen molar-refractivity contribution in [3.8, 4) is 6.07 Å². The van der Waals surface area contributed by atoms with Gasteiger partial charge in [0.25, 0.3) is 0 Å². The summed E-state index contributed by atoms with van der Waals surface area (Å²) >= 11 is 1.66. The highest BCUT2D eigenvalue weighted by molar-refractivity contribution is 7.09. The van der Waals surface area contributed by atoms with Crippen LogP contribution in [0.1, 0.15) is 17.5 Å². The van der Waals surface area contributed by atoms with Gasteiger partial charge in [0.15, 0.2) is 0 Å². The fourth-order valence-corrected chi connectivity index (χ4v) is 1.79. The highest BCUT2D eigenvalue weighted by Crippen LogP contribution is 2.12. The minimum absolute atomic E-state index is 0.0162. The first kappa shape index (κ1) is 11.2. The number of rotatable bonds is 5. The molecule has 0 fully saturated rings. The summed E-state index contributed by atoms with van der Waals surface area (Å²) in [6.45, 7) is 5.06. The molecule has 1 atom stereocenters. The molecule has 0 saturated heterocycles. The Balaban J connectivity index is 2.17. The average molecular weight is 210 g/mol. The van der Waals surface area contributed by atoms with Crippen molar-refractivity contribution in [1.29, 1.82) is 5.26 Å². The monoisotopic (exact) mass is 210 g/mol. The van der Waals surface area contributed by atoms with E-state index in [-0.39, 0.29) is 5.92 Å². The lowest BCUT2D eigenvalue weighted by Gasteiger charge is -2.04. The molecule has 0 aliphatic heterocycles. The number of nitrogens with zero attached hydrogens (tertiary/aromatic N) is 2. The average Bonchev–Trinajstić information content (AvgIpc) is 2.58. The maximum Gasteiger partial charge on any atom is 0.0797 e. The Hall–Kier alpha value is -0.920. The van der Waals surface area contributed by atoms with Crippen LogP contribution in [0, 0.1) is 24.2 Å². The Bertz CT molecular complexity index is 316. The van der Waals surface area contributed by atoms with Gasteiger partial charge in [-0.25, -0.2) is 4.98 Å². The van der Waals surface area contributed by atoms with Crippen LogP contribution in [0.5, 0.6) is 0 Å². The van der Waals surface area contributed by atoms with E-state index in [4.69, 9.17) is 10.00 Å². The molecule has 0 aliphatic rings. The van der Waals surface area contributed by atoms with Gasteiger partial charge < -0.3 is 4.74 Å². The van der Waals surface area contributed by atoms with E-state index in [0.717, 1.165) is 12.1 Å². The fourth-order valence-electron chi connectivity index (χ4n) is 1.03. The molecular formula is C10H14N2OS. The first-order valence-electron chi connectivity index (χ1n) is 4.60. The summed E-state index contributed by atoms with van der Waals surface area (Å²) in [5, 5.41) is 8.52. The summed E-state index contributed by atoms with van der Waals surface area (Å²) in [4.78, 5) is 5.43. The molecular weight excluding hydrogens is 196 g/mol. The summed E-state index contributed by atoms with van der Waals surface area (Å²) in [7, 11) is 0. The Labute approximate surface area is 88.4 Å². The quantitative estimate of drug-likeness (QED) is 0.700. The van der Waals surface area contributed by atoms with Crippen molar-refractivity contribution in [2.24, 2.45) is 5.92 Å². The van der Waals surface area contributed by atoms with Gasteiger partial charge in [0, 0.05) is 11.3 Å². The van der Waals surface area contributed by atoms with E-state index in [1.54, 1.807) is 11.3 Å². The van der Waals surface area contributed by atoms with Crippen LogP contribution in [0.25, 0.3) is 0 Å². The number of aryl methyl sites for hydroxylation is 1. The van der Waals surface area contributed by atoms with Crippen molar-refractivity contribution in [3.63, 3.8) is 0 Å². The maximum atomic E-state index is 8.52. The second kappa shape index (κ2) is 5.74. The van der Waals surface area contributed by atoms with E-state index < -0.39 is 0 Å². The van der Waals surface area contributed by atoms with E-state index >= 15 is 0 Å². The van der Waals surface area contributed by atoms with Gasteiger partial charge in [-0.3, -0.25) is 0 Å². The number of aromatic nitrogens is 1. The van der Waals surface area contributed by atoms with Gasteiger partial charge >= 0.3 is 0 Å². The van der Waals surface area contributed by atoms with Crippen molar-refractivity contribution < 1.29 is 4.74 Å². The summed E-state index contributed by atoms with van der Waals surface area (Å²) in [5.41, 5.74) is 2.94. The van der Waals surface area contributed by atoms with Crippen LogP contribution in [0.2, 0.25) is 0 Å². The van der Waals surface area contributed by atoms with Crippen molar-refractivity contribution in [1.82, 2.24) is 4.98 Å². The standard InChI is InChI=1S/C10H14N2OS/c1-8(5-11)6-13-4-3-10-9(2)12-7-14-10/h7-8H,3-4,6H2,1-2H3. The van der Waals surface area contributed by atoms with Crippen molar-refractivity contribution in [2.75, 3.05) is 13.2 Å². The molecule has 4 heteroatoms. The van der Waals surface area contributed by atoms with Gasteiger partial charge in [0.1, 0.15) is 0 Å². The highest BCUT2D eigenvalue weighted by atomic mass is 32.1. The SMILES string of the molecule is Cc1ncsc1CCOCC(C)C#N. The molecule has 0 amide bonds. The summed E-state index contributed by atoms with van der Waals surface area (Å²) in [6, 6.07) is 2.14. The lowest BCUT2D eigenvalue weighted by Crippen LogP contribution is -2.06. The normalized spacial score (nSPS) is 12.4. The Morgan fingerprint density at radius 1 is 1.71 bits per heavy atom. The molecule has 1 rings (SSSR count). The molecule has 1 aromatic heterocycles. The molecule has 1 heterocycles. The predicted octanol–water partition coefficient (Wildman–Crippen LogP) is 2.17.